The molecule has 0 bridgehead atoms. The van der Waals surface area contributed by atoms with E-state index in [1.165, 1.54) is 0 Å². The fourth-order valence-corrected chi connectivity index (χ4v) is 2.71. The average Bonchev–Trinajstić information content (AvgIpc) is 2.46. The molecule has 0 spiro atoms. The van der Waals surface area contributed by atoms with Crippen LogP contribution in [0.25, 0.3) is 0 Å². The molecule has 0 radical (unpaired) electrons. The van der Waals surface area contributed by atoms with E-state index in [0.29, 0.717) is 18.0 Å². The molecule has 6 heteroatoms. The summed E-state index contributed by atoms with van der Waals surface area (Å²) in [6.07, 6.45) is 0.484. The number of methoxy groups -OCH3 is 1. The number of benzene rings is 1. The molecule has 1 fully saturated rings. The Hall–Kier alpha value is -1.79. The van der Waals surface area contributed by atoms with Crippen molar-refractivity contribution >= 4 is 11.7 Å². The zero-order chi connectivity index (χ0) is 15.9. The van der Waals surface area contributed by atoms with Crippen molar-refractivity contribution in [3.8, 4) is 5.75 Å². The van der Waals surface area contributed by atoms with Gasteiger partial charge in [-0.25, -0.2) is 4.79 Å². The fourth-order valence-electron chi connectivity index (χ4n) is 2.71. The van der Waals surface area contributed by atoms with Crippen LogP contribution in [0.2, 0.25) is 0 Å². The molecule has 22 heavy (non-hydrogen) atoms. The van der Waals surface area contributed by atoms with Crippen LogP contribution in [0, 0.1) is 0 Å². The van der Waals surface area contributed by atoms with Crippen LogP contribution >= 0.6 is 0 Å². The number of amides is 2. The predicted molar refractivity (Wildman–Crippen MR) is 86.5 cm³/mol. The van der Waals surface area contributed by atoms with Gasteiger partial charge < -0.3 is 20.1 Å². The standard InChI is InChI=1S/C16H25N3O3/c1-12-10-19(11-13(2)22-12)9-8-17-16(20)18-14-6-4-5-7-15(14)21-3/h4-7,12-13H,8-11H2,1-3H3,(H2,17,18,20)/t12-,13-/m0/s1. The van der Waals surface area contributed by atoms with Gasteiger partial charge in [-0.1, -0.05) is 12.1 Å². The first kappa shape index (κ1) is 16.6. The first-order valence-corrected chi connectivity index (χ1v) is 7.64. The Labute approximate surface area is 131 Å². The van der Waals surface area contributed by atoms with Crippen molar-refractivity contribution in [3.05, 3.63) is 24.3 Å². The molecule has 2 rings (SSSR count). The highest BCUT2D eigenvalue weighted by Gasteiger charge is 2.21. The van der Waals surface area contributed by atoms with Gasteiger partial charge in [0.2, 0.25) is 0 Å². The normalized spacial score (nSPS) is 22.1. The third-order valence-electron chi connectivity index (χ3n) is 3.56. The topological polar surface area (TPSA) is 62.8 Å². The fraction of sp³-hybridized carbons (Fsp3) is 0.562. The van der Waals surface area contributed by atoms with Crippen molar-refractivity contribution in [1.82, 2.24) is 10.2 Å². The summed E-state index contributed by atoms with van der Waals surface area (Å²) >= 11 is 0. The van der Waals surface area contributed by atoms with Crippen LogP contribution in [0.1, 0.15) is 13.8 Å². The molecule has 1 aliphatic heterocycles. The van der Waals surface area contributed by atoms with Gasteiger partial charge in [0.15, 0.2) is 0 Å². The maximum absolute atomic E-state index is 11.9. The quantitative estimate of drug-likeness (QED) is 0.872. The van der Waals surface area contributed by atoms with Crippen molar-refractivity contribution < 1.29 is 14.3 Å². The van der Waals surface area contributed by atoms with Crippen LogP contribution in [0.3, 0.4) is 0 Å². The first-order valence-electron chi connectivity index (χ1n) is 7.64. The molecule has 1 aromatic carbocycles. The molecule has 1 saturated heterocycles. The van der Waals surface area contributed by atoms with Gasteiger partial charge in [-0.05, 0) is 26.0 Å². The van der Waals surface area contributed by atoms with Crippen molar-refractivity contribution in [2.24, 2.45) is 0 Å². The van der Waals surface area contributed by atoms with E-state index >= 15 is 0 Å². The van der Waals surface area contributed by atoms with Crippen LogP contribution in [0.5, 0.6) is 5.75 Å². The monoisotopic (exact) mass is 307 g/mol. The molecule has 2 N–H and O–H groups in total. The number of nitrogens with one attached hydrogen (secondary N) is 2. The molecule has 0 unspecified atom stereocenters. The Bertz CT molecular complexity index is 485. The van der Waals surface area contributed by atoms with E-state index in [1.54, 1.807) is 7.11 Å². The summed E-state index contributed by atoms with van der Waals surface area (Å²) in [7, 11) is 1.58. The van der Waals surface area contributed by atoms with Gasteiger partial charge in [-0.3, -0.25) is 4.90 Å². The van der Waals surface area contributed by atoms with Gasteiger partial charge in [0.1, 0.15) is 5.75 Å². The number of carbonyl (C=O) groups is 1. The second-order valence-electron chi connectivity index (χ2n) is 5.60. The third kappa shape index (κ3) is 4.89. The molecule has 0 aromatic heterocycles. The van der Waals surface area contributed by atoms with Gasteiger partial charge in [-0.15, -0.1) is 0 Å². The van der Waals surface area contributed by atoms with Gasteiger partial charge in [-0.2, -0.15) is 0 Å². The molecule has 1 aromatic rings. The summed E-state index contributed by atoms with van der Waals surface area (Å²) in [5.74, 6) is 0.647. The van der Waals surface area contributed by atoms with E-state index in [-0.39, 0.29) is 18.2 Å². The summed E-state index contributed by atoms with van der Waals surface area (Å²) < 4.78 is 10.9. The largest absolute Gasteiger partial charge is 0.495 e. The van der Waals surface area contributed by atoms with Crippen molar-refractivity contribution in [2.75, 3.05) is 38.6 Å². The molecule has 2 atom stereocenters. The Kier molecular flexibility index (Phi) is 6.03. The van der Waals surface area contributed by atoms with Gasteiger partial charge in [0.05, 0.1) is 25.0 Å². The lowest BCUT2D eigenvalue weighted by Crippen LogP contribution is -2.48. The van der Waals surface area contributed by atoms with E-state index in [0.717, 1.165) is 19.6 Å². The minimum absolute atomic E-state index is 0.223. The highest BCUT2D eigenvalue weighted by atomic mass is 16.5. The Morgan fingerprint density at radius 3 is 2.68 bits per heavy atom. The molecule has 1 heterocycles. The SMILES string of the molecule is COc1ccccc1NC(=O)NCCN1C[C@H](C)O[C@@H](C)C1. The van der Waals surface area contributed by atoms with Crippen LogP contribution in [-0.2, 0) is 4.74 Å². The zero-order valence-electron chi connectivity index (χ0n) is 13.5. The van der Waals surface area contributed by atoms with Crippen LogP contribution < -0.4 is 15.4 Å². The molecule has 6 nitrogen and oxygen atoms in total. The average molecular weight is 307 g/mol. The lowest BCUT2D eigenvalue weighted by atomic mass is 10.2. The van der Waals surface area contributed by atoms with Crippen LogP contribution in [-0.4, -0.2) is 56.4 Å². The van der Waals surface area contributed by atoms with Gasteiger partial charge in [0.25, 0.3) is 0 Å². The van der Waals surface area contributed by atoms with E-state index in [9.17, 15) is 4.79 Å². The number of morpholine rings is 1. The van der Waals surface area contributed by atoms with E-state index in [4.69, 9.17) is 9.47 Å². The number of urea groups is 1. The molecule has 2 amide bonds. The van der Waals surface area contributed by atoms with E-state index < -0.39 is 0 Å². The number of rotatable bonds is 5. The van der Waals surface area contributed by atoms with Crippen LogP contribution in [0.15, 0.2) is 24.3 Å². The number of hydrogen-bond acceptors (Lipinski definition) is 4. The summed E-state index contributed by atoms with van der Waals surface area (Å²) in [5.41, 5.74) is 0.663. The number of hydrogen-bond donors (Lipinski definition) is 2. The molecule has 1 aliphatic rings. The second kappa shape index (κ2) is 8.00. The molecule has 0 saturated carbocycles. The summed E-state index contributed by atoms with van der Waals surface area (Å²) in [5, 5.41) is 5.67. The van der Waals surface area contributed by atoms with Crippen molar-refractivity contribution in [3.63, 3.8) is 0 Å². The number of ether oxygens (including phenoxy) is 2. The van der Waals surface area contributed by atoms with Gasteiger partial charge in [0, 0.05) is 26.2 Å². The highest BCUT2D eigenvalue weighted by Crippen LogP contribution is 2.22. The lowest BCUT2D eigenvalue weighted by Gasteiger charge is -2.35. The van der Waals surface area contributed by atoms with Crippen LogP contribution in [0.4, 0.5) is 10.5 Å². The number of para-hydroxylation sites is 2. The number of anilines is 1. The van der Waals surface area contributed by atoms with Gasteiger partial charge >= 0.3 is 6.03 Å². The maximum atomic E-state index is 11.9. The molecular weight excluding hydrogens is 282 g/mol. The number of carbonyl (C=O) groups excluding carboxylic acids is 1. The smallest absolute Gasteiger partial charge is 0.319 e. The minimum Gasteiger partial charge on any atom is -0.495 e. The molecule has 0 aliphatic carbocycles. The summed E-state index contributed by atoms with van der Waals surface area (Å²) in [4.78, 5) is 14.2. The highest BCUT2D eigenvalue weighted by molar-refractivity contribution is 5.90. The first-order chi connectivity index (χ1) is 10.6. The molecular formula is C16H25N3O3. The second-order valence-corrected chi connectivity index (χ2v) is 5.60. The van der Waals surface area contributed by atoms with Crippen molar-refractivity contribution in [1.29, 1.82) is 0 Å². The summed E-state index contributed by atoms with van der Waals surface area (Å²) in [6, 6.07) is 7.12. The summed E-state index contributed by atoms with van der Waals surface area (Å²) in [6.45, 7) is 7.37. The minimum atomic E-state index is -0.223. The molecule has 122 valence electrons. The van der Waals surface area contributed by atoms with E-state index in [1.807, 2.05) is 24.3 Å². The zero-order valence-corrected chi connectivity index (χ0v) is 13.5. The predicted octanol–water partition coefficient (Wildman–Crippen LogP) is 1.93. The maximum Gasteiger partial charge on any atom is 0.319 e. The lowest BCUT2D eigenvalue weighted by molar-refractivity contribution is -0.0672. The Morgan fingerprint density at radius 1 is 1.32 bits per heavy atom. The Morgan fingerprint density at radius 2 is 2.00 bits per heavy atom. The van der Waals surface area contributed by atoms with E-state index in [2.05, 4.69) is 29.4 Å². The Balaban J connectivity index is 1.74. The third-order valence-corrected chi connectivity index (χ3v) is 3.56. The van der Waals surface area contributed by atoms with Crippen molar-refractivity contribution in [2.45, 2.75) is 26.1 Å². The number of nitrogens with zero attached hydrogens (tertiary/aromatic N) is 1.